The van der Waals surface area contributed by atoms with Gasteiger partial charge in [0.25, 0.3) is 0 Å². The van der Waals surface area contributed by atoms with Crippen molar-refractivity contribution in [2.24, 2.45) is 0 Å². The number of benzene rings is 2. The van der Waals surface area contributed by atoms with Crippen molar-refractivity contribution in [2.45, 2.75) is 39.7 Å². The minimum Gasteiger partial charge on any atom is -0.328 e. The Morgan fingerprint density at radius 3 is 2.68 bits per heavy atom. The van der Waals surface area contributed by atoms with E-state index in [1.165, 1.54) is 11.1 Å². The Morgan fingerprint density at radius 2 is 1.92 bits per heavy atom. The molecule has 0 N–H and O–H groups in total. The number of anilines is 1. The highest BCUT2D eigenvalue weighted by Gasteiger charge is 2.34. The van der Waals surface area contributed by atoms with Gasteiger partial charge in [0.05, 0.1) is 11.0 Å². The quantitative estimate of drug-likeness (QED) is 0.721. The van der Waals surface area contributed by atoms with Crippen LogP contribution in [0.4, 0.5) is 5.69 Å². The van der Waals surface area contributed by atoms with Crippen LogP contribution in [0.5, 0.6) is 0 Å². The van der Waals surface area contributed by atoms with Crippen LogP contribution in [0.1, 0.15) is 36.2 Å². The number of amides is 1. The summed E-state index contributed by atoms with van der Waals surface area (Å²) >= 11 is 0. The lowest BCUT2D eigenvalue weighted by Gasteiger charge is -2.18. The van der Waals surface area contributed by atoms with Gasteiger partial charge in [-0.25, -0.2) is 4.98 Å². The summed E-state index contributed by atoms with van der Waals surface area (Å²) in [6.07, 6.45) is 0.524. The predicted octanol–water partition coefficient (Wildman–Crippen LogP) is 4.19. The summed E-state index contributed by atoms with van der Waals surface area (Å²) in [5.74, 6) is 1.35. The average Bonchev–Trinajstić information content (AvgIpc) is 3.17. The number of fused-ring (bicyclic) bond motifs is 1. The first-order valence-corrected chi connectivity index (χ1v) is 8.91. The van der Waals surface area contributed by atoms with E-state index in [9.17, 15) is 4.79 Å². The summed E-state index contributed by atoms with van der Waals surface area (Å²) in [6, 6.07) is 14.5. The van der Waals surface area contributed by atoms with Crippen LogP contribution in [-0.4, -0.2) is 22.0 Å². The first-order chi connectivity index (χ1) is 12.1. The van der Waals surface area contributed by atoms with E-state index in [2.05, 4.69) is 43.5 Å². The molecule has 0 saturated carbocycles. The monoisotopic (exact) mass is 333 g/mol. The van der Waals surface area contributed by atoms with E-state index in [0.29, 0.717) is 13.0 Å². The second-order valence-electron chi connectivity index (χ2n) is 6.88. The van der Waals surface area contributed by atoms with E-state index in [-0.39, 0.29) is 11.8 Å². The number of nitrogens with zero attached hydrogens (tertiary/aromatic N) is 3. The van der Waals surface area contributed by atoms with Crippen molar-refractivity contribution in [3.63, 3.8) is 0 Å². The Labute approximate surface area is 148 Å². The number of rotatable bonds is 3. The van der Waals surface area contributed by atoms with Gasteiger partial charge in [-0.1, -0.05) is 18.2 Å². The third-order valence-corrected chi connectivity index (χ3v) is 5.29. The van der Waals surface area contributed by atoms with Crippen molar-refractivity contribution in [3.05, 3.63) is 59.4 Å². The van der Waals surface area contributed by atoms with Crippen LogP contribution in [0.2, 0.25) is 0 Å². The molecule has 4 nitrogen and oxygen atoms in total. The van der Waals surface area contributed by atoms with Crippen LogP contribution in [-0.2, 0) is 11.3 Å². The van der Waals surface area contributed by atoms with Crippen LogP contribution < -0.4 is 4.90 Å². The molecule has 25 heavy (non-hydrogen) atoms. The maximum Gasteiger partial charge on any atom is 0.227 e. The zero-order valence-corrected chi connectivity index (χ0v) is 15.0. The van der Waals surface area contributed by atoms with E-state index < -0.39 is 0 Å². The smallest absolute Gasteiger partial charge is 0.227 e. The third-order valence-electron chi connectivity index (χ3n) is 5.29. The number of aromatic nitrogens is 2. The van der Waals surface area contributed by atoms with Gasteiger partial charge in [-0.3, -0.25) is 4.79 Å². The molecule has 1 atom stereocenters. The molecule has 0 aliphatic carbocycles. The number of carbonyl (C=O) groups excluding carboxylic acids is 1. The van der Waals surface area contributed by atoms with Gasteiger partial charge in [-0.05, 0) is 56.2 Å². The van der Waals surface area contributed by atoms with Crippen molar-refractivity contribution >= 4 is 22.6 Å². The predicted molar refractivity (Wildman–Crippen MR) is 101 cm³/mol. The zero-order valence-electron chi connectivity index (χ0n) is 15.0. The van der Waals surface area contributed by atoms with Crippen LogP contribution in [0.3, 0.4) is 0 Å². The first-order valence-electron chi connectivity index (χ1n) is 8.91. The molecule has 1 fully saturated rings. The standard InChI is InChI=1S/C21H23N3O/c1-4-23-19-8-6-5-7-18(19)22-21(23)16-12-20(25)24(13-16)17-10-9-14(2)15(3)11-17/h5-11,16H,4,12-13H2,1-3H3/t16-/m1/s1. The number of hydrogen-bond acceptors (Lipinski definition) is 2. The summed E-state index contributed by atoms with van der Waals surface area (Å²) in [7, 11) is 0. The third kappa shape index (κ3) is 2.62. The topological polar surface area (TPSA) is 38.1 Å². The Hall–Kier alpha value is -2.62. The molecule has 128 valence electrons. The van der Waals surface area contributed by atoms with Gasteiger partial charge in [0, 0.05) is 31.1 Å². The van der Waals surface area contributed by atoms with E-state index in [1.807, 2.05) is 29.2 Å². The summed E-state index contributed by atoms with van der Waals surface area (Å²) in [5.41, 5.74) is 5.62. The SMILES string of the molecule is CCn1c([C@@H]2CC(=O)N(c3ccc(C)c(C)c3)C2)nc2ccccc21. The maximum atomic E-state index is 12.7. The van der Waals surface area contributed by atoms with Gasteiger partial charge >= 0.3 is 0 Å². The average molecular weight is 333 g/mol. The number of carbonyl (C=O) groups is 1. The fourth-order valence-corrected chi connectivity index (χ4v) is 3.76. The van der Waals surface area contributed by atoms with Crippen molar-refractivity contribution in [1.29, 1.82) is 0 Å². The van der Waals surface area contributed by atoms with Crippen molar-refractivity contribution in [2.75, 3.05) is 11.4 Å². The van der Waals surface area contributed by atoms with Crippen LogP contribution >= 0.6 is 0 Å². The Morgan fingerprint density at radius 1 is 1.12 bits per heavy atom. The van der Waals surface area contributed by atoms with Gasteiger partial charge in [-0.15, -0.1) is 0 Å². The minimum atomic E-state index is 0.140. The van der Waals surface area contributed by atoms with Gasteiger partial charge in [-0.2, -0.15) is 0 Å². The molecule has 2 aromatic carbocycles. The molecule has 0 radical (unpaired) electrons. The van der Waals surface area contributed by atoms with Crippen molar-refractivity contribution in [1.82, 2.24) is 9.55 Å². The molecule has 0 unspecified atom stereocenters. The first kappa shape index (κ1) is 15.9. The molecule has 0 bridgehead atoms. The van der Waals surface area contributed by atoms with E-state index in [0.717, 1.165) is 29.1 Å². The second-order valence-corrected chi connectivity index (χ2v) is 6.88. The van der Waals surface area contributed by atoms with E-state index >= 15 is 0 Å². The fraction of sp³-hybridized carbons (Fsp3) is 0.333. The molecule has 4 rings (SSSR count). The highest BCUT2D eigenvalue weighted by atomic mass is 16.2. The molecular weight excluding hydrogens is 310 g/mol. The number of aryl methyl sites for hydroxylation is 3. The Kier molecular flexibility index (Phi) is 3.83. The lowest BCUT2D eigenvalue weighted by molar-refractivity contribution is -0.117. The highest BCUT2D eigenvalue weighted by Crippen LogP contribution is 2.33. The maximum absolute atomic E-state index is 12.7. The van der Waals surface area contributed by atoms with Gasteiger partial charge in [0.15, 0.2) is 0 Å². The van der Waals surface area contributed by atoms with Crippen molar-refractivity contribution < 1.29 is 4.79 Å². The summed E-state index contributed by atoms with van der Waals surface area (Å²) in [6.45, 7) is 7.88. The molecule has 2 heterocycles. The molecule has 1 aliphatic rings. The summed E-state index contributed by atoms with van der Waals surface area (Å²) in [4.78, 5) is 19.4. The normalized spacial score (nSPS) is 17.6. The molecule has 1 saturated heterocycles. The number of imidazole rings is 1. The van der Waals surface area contributed by atoms with E-state index in [4.69, 9.17) is 4.98 Å². The van der Waals surface area contributed by atoms with Crippen molar-refractivity contribution in [3.8, 4) is 0 Å². The minimum absolute atomic E-state index is 0.140. The molecule has 4 heteroatoms. The number of para-hydroxylation sites is 2. The van der Waals surface area contributed by atoms with Crippen LogP contribution in [0, 0.1) is 13.8 Å². The molecule has 1 aliphatic heterocycles. The molecule has 1 amide bonds. The lowest BCUT2D eigenvalue weighted by Crippen LogP contribution is -2.24. The fourth-order valence-electron chi connectivity index (χ4n) is 3.76. The van der Waals surface area contributed by atoms with Gasteiger partial charge in [0.2, 0.25) is 5.91 Å². The highest BCUT2D eigenvalue weighted by molar-refractivity contribution is 5.96. The van der Waals surface area contributed by atoms with Crippen LogP contribution in [0.15, 0.2) is 42.5 Å². The second kappa shape index (κ2) is 6.03. The zero-order chi connectivity index (χ0) is 17.6. The lowest BCUT2D eigenvalue weighted by atomic mass is 10.1. The Balaban J connectivity index is 1.69. The molecule has 3 aromatic rings. The van der Waals surface area contributed by atoms with E-state index in [1.54, 1.807) is 0 Å². The van der Waals surface area contributed by atoms with Gasteiger partial charge in [0.1, 0.15) is 5.82 Å². The summed E-state index contributed by atoms with van der Waals surface area (Å²) in [5, 5.41) is 0. The van der Waals surface area contributed by atoms with Gasteiger partial charge < -0.3 is 9.47 Å². The number of hydrogen-bond donors (Lipinski definition) is 0. The molecular formula is C21H23N3O. The van der Waals surface area contributed by atoms with Crippen LogP contribution in [0.25, 0.3) is 11.0 Å². The largest absolute Gasteiger partial charge is 0.328 e. The molecule has 1 aromatic heterocycles. The summed E-state index contributed by atoms with van der Waals surface area (Å²) < 4.78 is 2.25. The Bertz CT molecular complexity index is 957. The molecule has 0 spiro atoms.